The highest BCUT2D eigenvalue weighted by atomic mass is 35.5. The zero-order valence-electron chi connectivity index (χ0n) is 13.9. The number of Topliss-reactive ketones (excluding diaryl/α,β-unsaturated/α-hetero) is 1. The Balaban J connectivity index is 2.20. The van der Waals surface area contributed by atoms with E-state index in [0.29, 0.717) is 5.69 Å². The molecule has 26 heavy (non-hydrogen) atoms. The van der Waals surface area contributed by atoms with Crippen LogP contribution in [0.1, 0.15) is 13.3 Å². The fourth-order valence-electron chi connectivity index (χ4n) is 2.27. The fourth-order valence-corrected chi connectivity index (χ4v) is 3.95. The highest BCUT2D eigenvalue weighted by Crippen LogP contribution is 2.22. The van der Waals surface area contributed by atoms with Crippen LogP contribution >= 0.6 is 11.6 Å². The van der Waals surface area contributed by atoms with E-state index in [1.807, 2.05) is 0 Å². The Hall–Kier alpha value is -2.52. The lowest BCUT2D eigenvalue weighted by Crippen LogP contribution is -2.39. The Morgan fingerprint density at radius 3 is 2.77 bits per heavy atom. The molecule has 8 nitrogen and oxygen atoms in total. The molecule has 1 amide bonds. The smallest absolute Gasteiger partial charge is 0.293 e. The molecule has 138 valence electrons. The van der Waals surface area contributed by atoms with Crippen LogP contribution in [-0.2, 0) is 19.4 Å². The second-order valence-electron chi connectivity index (χ2n) is 5.32. The molecule has 1 unspecified atom stereocenters. The molecule has 2 heterocycles. The molecule has 2 rings (SSSR count). The fraction of sp³-hybridized carbons (Fsp3) is 0.250. The number of nitrogens with one attached hydrogen (secondary N) is 1. The minimum absolute atomic E-state index is 0.0227. The van der Waals surface area contributed by atoms with Crippen molar-refractivity contribution in [2.45, 2.75) is 18.6 Å². The Bertz CT molecular complexity index is 925. The minimum atomic E-state index is -3.80. The summed E-state index contributed by atoms with van der Waals surface area (Å²) in [5.74, 6) is -2.51. The molecular formula is C16H17ClN4O4S. The third-order valence-electron chi connectivity index (χ3n) is 3.50. The van der Waals surface area contributed by atoms with Crippen molar-refractivity contribution in [2.24, 2.45) is 0 Å². The van der Waals surface area contributed by atoms with Gasteiger partial charge < -0.3 is 5.32 Å². The molecule has 1 atom stereocenters. The van der Waals surface area contributed by atoms with E-state index in [1.165, 1.54) is 30.1 Å². The summed E-state index contributed by atoms with van der Waals surface area (Å²) in [4.78, 5) is 28.4. The van der Waals surface area contributed by atoms with Gasteiger partial charge in [0.2, 0.25) is 5.78 Å². The average Bonchev–Trinajstić information content (AvgIpc) is 2.96. The zero-order valence-corrected chi connectivity index (χ0v) is 15.5. The largest absolute Gasteiger partial charge is 0.315 e. The summed E-state index contributed by atoms with van der Waals surface area (Å²) in [7, 11) is -3.80. The molecule has 0 aliphatic heterocycles. The third-order valence-corrected chi connectivity index (χ3v) is 5.89. The first kappa shape index (κ1) is 19.8. The van der Waals surface area contributed by atoms with Crippen LogP contribution in [0, 0.1) is 0 Å². The van der Waals surface area contributed by atoms with Gasteiger partial charge in [-0.25, -0.2) is 13.1 Å². The minimum Gasteiger partial charge on any atom is -0.315 e. The van der Waals surface area contributed by atoms with Gasteiger partial charge in [0.25, 0.3) is 5.91 Å². The van der Waals surface area contributed by atoms with E-state index in [4.69, 9.17) is 11.6 Å². The molecule has 0 aliphatic rings. The van der Waals surface area contributed by atoms with Gasteiger partial charge in [0, 0.05) is 6.20 Å². The summed E-state index contributed by atoms with van der Waals surface area (Å²) in [5, 5.41) is 4.85. The third kappa shape index (κ3) is 4.36. The summed E-state index contributed by atoms with van der Waals surface area (Å²) >= 11 is 5.99. The summed E-state index contributed by atoms with van der Waals surface area (Å²) in [5.41, 5.74) is 0.686. The van der Waals surface area contributed by atoms with Crippen LogP contribution in [0.2, 0.25) is 5.15 Å². The molecule has 10 heteroatoms. The Morgan fingerprint density at radius 2 is 2.19 bits per heavy atom. The van der Waals surface area contributed by atoms with Crippen molar-refractivity contribution in [3.63, 3.8) is 0 Å². The van der Waals surface area contributed by atoms with E-state index in [9.17, 15) is 18.0 Å². The van der Waals surface area contributed by atoms with Crippen LogP contribution < -0.4 is 5.32 Å². The number of anilines is 1. The highest BCUT2D eigenvalue weighted by Gasteiger charge is 2.34. The summed E-state index contributed by atoms with van der Waals surface area (Å²) < 4.78 is 25.6. The van der Waals surface area contributed by atoms with Crippen LogP contribution in [0.3, 0.4) is 0 Å². The van der Waals surface area contributed by atoms with E-state index in [0.717, 1.165) is 0 Å². The zero-order chi connectivity index (χ0) is 19.3. The maximum atomic E-state index is 12.3. The van der Waals surface area contributed by atoms with Crippen molar-refractivity contribution in [3.05, 3.63) is 48.5 Å². The number of carbonyl (C=O) groups is 2. The van der Waals surface area contributed by atoms with Gasteiger partial charge in [0.1, 0.15) is 5.25 Å². The van der Waals surface area contributed by atoms with E-state index in [1.54, 1.807) is 18.3 Å². The molecule has 0 saturated heterocycles. The van der Waals surface area contributed by atoms with E-state index >= 15 is 0 Å². The summed E-state index contributed by atoms with van der Waals surface area (Å²) in [6.45, 7) is 4.87. The van der Waals surface area contributed by atoms with Crippen LogP contribution in [0.25, 0.3) is 5.69 Å². The van der Waals surface area contributed by atoms with Gasteiger partial charge in [-0.1, -0.05) is 24.6 Å². The number of sulfone groups is 1. The average molecular weight is 397 g/mol. The number of ketones is 1. The van der Waals surface area contributed by atoms with Gasteiger partial charge >= 0.3 is 0 Å². The number of amides is 1. The maximum Gasteiger partial charge on any atom is 0.293 e. The van der Waals surface area contributed by atoms with E-state index < -0.39 is 26.8 Å². The van der Waals surface area contributed by atoms with Gasteiger partial charge in [-0.2, -0.15) is 5.10 Å². The van der Waals surface area contributed by atoms with Crippen LogP contribution in [-0.4, -0.2) is 45.9 Å². The van der Waals surface area contributed by atoms with Gasteiger partial charge in [-0.05, 0) is 18.6 Å². The molecule has 0 aromatic carbocycles. The molecule has 0 saturated carbocycles. The normalized spacial score (nSPS) is 12.4. The number of hydrogen-bond acceptors (Lipinski definition) is 6. The maximum absolute atomic E-state index is 12.3. The molecular weight excluding hydrogens is 380 g/mol. The molecule has 2 aromatic heterocycles. The van der Waals surface area contributed by atoms with Crippen molar-refractivity contribution in [3.8, 4) is 5.69 Å². The molecule has 0 fully saturated rings. The first-order valence-electron chi connectivity index (χ1n) is 7.63. The lowest BCUT2D eigenvalue weighted by Gasteiger charge is -2.13. The van der Waals surface area contributed by atoms with Crippen LogP contribution in [0.5, 0.6) is 0 Å². The lowest BCUT2D eigenvalue weighted by molar-refractivity contribution is -0.134. The van der Waals surface area contributed by atoms with Crippen molar-refractivity contribution in [1.82, 2.24) is 14.8 Å². The second kappa shape index (κ2) is 8.24. The molecule has 0 bridgehead atoms. The molecule has 0 radical (unpaired) electrons. The number of pyridine rings is 1. The van der Waals surface area contributed by atoms with Crippen molar-refractivity contribution >= 4 is 38.8 Å². The standard InChI is InChI=1S/C16H17ClN4O4S/c1-3-8-26(24,25)13(4-2)14(22)16(23)19-12-10-21(20-15(12)17)11-6-5-7-18-9-11/h3,5-7,9-10,13H,1,4,8H2,2H3,(H,19,23). The number of halogens is 1. The first-order valence-corrected chi connectivity index (χ1v) is 9.72. The second-order valence-corrected chi connectivity index (χ2v) is 7.91. The summed E-state index contributed by atoms with van der Waals surface area (Å²) in [6, 6.07) is 3.42. The number of hydrogen-bond donors (Lipinski definition) is 1. The van der Waals surface area contributed by atoms with Gasteiger partial charge in [-0.15, -0.1) is 6.58 Å². The van der Waals surface area contributed by atoms with Gasteiger partial charge in [0.05, 0.1) is 29.5 Å². The molecule has 2 aromatic rings. The SMILES string of the molecule is C=CCS(=O)(=O)C(CC)C(=O)C(=O)Nc1cn(-c2cccnc2)nc1Cl. The molecule has 0 spiro atoms. The van der Waals surface area contributed by atoms with Gasteiger partial charge in [0.15, 0.2) is 15.0 Å². The van der Waals surface area contributed by atoms with E-state index in [2.05, 4.69) is 22.0 Å². The molecule has 1 N–H and O–H groups in total. The Kier molecular flexibility index (Phi) is 6.27. The monoisotopic (exact) mass is 396 g/mol. The lowest BCUT2D eigenvalue weighted by atomic mass is 10.2. The first-order chi connectivity index (χ1) is 12.3. The van der Waals surface area contributed by atoms with Crippen molar-refractivity contribution in [1.29, 1.82) is 0 Å². The Morgan fingerprint density at radius 1 is 1.46 bits per heavy atom. The number of carbonyl (C=O) groups excluding carboxylic acids is 2. The topological polar surface area (TPSA) is 111 Å². The highest BCUT2D eigenvalue weighted by molar-refractivity contribution is 7.93. The number of rotatable bonds is 8. The quantitative estimate of drug-likeness (QED) is 0.538. The van der Waals surface area contributed by atoms with Crippen LogP contribution in [0.15, 0.2) is 43.4 Å². The van der Waals surface area contributed by atoms with Gasteiger partial charge in [-0.3, -0.25) is 14.6 Å². The number of nitrogens with zero attached hydrogens (tertiary/aromatic N) is 3. The van der Waals surface area contributed by atoms with E-state index in [-0.39, 0.29) is 23.0 Å². The van der Waals surface area contributed by atoms with Crippen LogP contribution in [0.4, 0.5) is 5.69 Å². The summed E-state index contributed by atoms with van der Waals surface area (Å²) in [6.07, 6.45) is 5.69. The number of aromatic nitrogens is 3. The Labute approximate surface area is 155 Å². The predicted molar refractivity (Wildman–Crippen MR) is 98.1 cm³/mol. The van der Waals surface area contributed by atoms with Crippen molar-refractivity contribution < 1.29 is 18.0 Å². The van der Waals surface area contributed by atoms with Crippen molar-refractivity contribution in [2.75, 3.05) is 11.1 Å². The molecule has 0 aliphatic carbocycles. The predicted octanol–water partition coefficient (Wildman–Crippen LogP) is 1.81.